The first kappa shape index (κ1) is 26.4. The van der Waals surface area contributed by atoms with E-state index in [0.717, 1.165) is 27.0 Å². The SMILES string of the molecule is Cc1ccc2sc(N(Cc3ccccn3)C(=O)c3ccc(S(=O)(=O)N4CC(C)OC(C)C4)cc3)nc2c1C. The van der Waals surface area contributed by atoms with Crippen LogP contribution < -0.4 is 4.90 Å². The summed E-state index contributed by atoms with van der Waals surface area (Å²) in [5, 5.41) is 0.567. The van der Waals surface area contributed by atoms with Crippen molar-refractivity contribution < 1.29 is 17.9 Å². The highest BCUT2D eigenvalue weighted by molar-refractivity contribution is 7.89. The van der Waals surface area contributed by atoms with Crippen LogP contribution in [0, 0.1) is 13.8 Å². The van der Waals surface area contributed by atoms with E-state index < -0.39 is 10.0 Å². The van der Waals surface area contributed by atoms with E-state index in [1.165, 1.54) is 27.8 Å². The summed E-state index contributed by atoms with van der Waals surface area (Å²) in [4.78, 5) is 24.8. The topological polar surface area (TPSA) is 92.7 Å². The maximum absolute atomic E-state index is 13.8. The van der Waals surface area contributed by atoms with Crippen LogP contribution in [0.15, 0.2) is 65.7 Å². The summed E-state index contributed by atoms with van der Waals surface area (Å²) in [5.74, 6) is -0.276. The van der Waals surface area contributed by atoms with Gasteiger partial charge in [0.05, 0.1) is 39.6 Å². The molecule has 198 valence electrons. The monoisotopic (exact) mass is 550 g/mol. The van der Waals surface area contributed by atoms with Crippen molar-refractivity contribution in [2.24, 2.45) is 0 Å². The molecule has 0 saturated carbocycles. The summed E-state index contributed by atoms with van der Waals surface area (Å²) >= 11 is 1.45. The van der Waals surface area contributed by atoms with Crippen molar-refractivity contribution >= 4 is 42.6 Å². The lowest BCUT2D eigenvalue weighted by molar-refractivity contribution is -0.0440. The van der Waals surface area contributed by atoms with Crippen LogP contribution in [0.2, 0.25) is 0 Å². The van der Waals surface area contributed by atoms with Gasteiger partial charge in [-0.25, -0.2) is 13.4 Å². The second-order valence-corrected chi connectivity index (χ2v) is 12.6. The molecule has 0 spiro atoms. The zero-order valence-electron chi connectivity index (χ0n) is 21.8. The first-order valence-electron chi connectivity index (χ1n) is 12.5. The third-order valence-electron chi connectivity index (χ3n) is 6.72. The number of aromatic nitrogens is 2. The highest BCUT2D eigenvalue weighted by atomic mass is 32.2. The predicted octanol–water partition coefficient (Wildman–Crippen LogP) is 4.95. The van der Waals surface area contributed by atoms with Crippen LogP contribution in [0.25, 0.3) is 10.2 Å². The fourth-order valence-electron chi connectivity index (χ4n) is 4.61. The Hall–Kier alpha value is -3.18. The molecular weight excluding hydrogens is 520 g/mol. The van der Waals surface area contributed by atoms with E-state index in [-0.39, 0.29) is 29.6 Å². The normalized spacial score (nSPS) is 18.5. The number of sulfonamides is 1. The molecule has 5 rings (SSSR count). The van der Waals surface area contributed by atoms with E-state index in [1.807, 2.05) is 52.0 Å². The summed E-state index contributed by atoms with van der Waals surface area (Å²) in [7, 11) is -3.71. The van der Waals surface area contributed by atoms with E-state index in [0.29, 0.717) is 23.8 Å². The molecule has 1 saturated heterocycles. The Morgan fingerprint density at radius 2 is 1.76 bits per heavy atom. The highest BCUT2D eigenvalue weighted by Crippen LogP contribution is 2.33. The largest absolute Gasteiger partial charge is 0.373 e. The third kappa shape index (κ3) is 5.22. The van der Waals surface area contributed by atoms with Crippen LogP contribution in [0.1, 0.15) is 41.0 Å². The highest BCUT2D eigenvalue weighted by Gasteiger charge is 2.32. The molecule has 38 heavy (non-hydrogen) atoms. The average molecular weight is 551 g/mol. The average Bonchev–Trinajstić information content (AvgIpc) is 3.34. The van der Waals surface area contributed by atoms with Crippen molar-refractivity contribution in [3.05, 3.63) is 83.2 Å². The van der Waals surface area contributed by atoms with Crippen LogP contribution in [0.5, 0.6) is 0 Å². The van der Waals surface area contributed by atoms with Gasteiger partial charge in [0.1, 0.15) is 0 Å². The summed E-state index contributed by atoms with van der Waals surface area (Å²) in [6.45, 7) is 8.62. The number of carbonyl (C=O) groups excluding carboxylic acids is 1. The molecule has 1 fully saturated rings. The van der Waals surface area contributed by atoms with Gasteiger partial charge in [0.2, 0.25) is 10.0 Å². The molecule has 1 aliphatic rings. The van der Waals surface area contributed by atoms with E-state index in [2.05, 4.69) is 11.1 Å². The lowest BCUT2D eigenvalue weighted by atomic mass is 10.1. The van der Waals surface area contributed by atoms with Crippen LogP contribution in [-0.4, -0.2) is 53.9 Å². The van der Waals surface area contributed by atoms with Crippen molar-refractivity contribution in [1.29, 1.82) is 0 Å². The molecule has 2 aromatic carbocycles. The molecule has 1 amide bonds. The van der Waals surface area contributed by atoms with Gasteiger partial charge in [-0.3, -0.25) is 14.7 Å². The number of fused-ring (bicyclic) bond motifs is 1. The lowest BCUT2D eigenvalue weighted by Crippen LogP contribution is -2.48. The fraction of sp³-hybridized carbons (Fsp3) is 0.321. The number of morpholine rings is 1. The molecule has 0 radical (unpaired) electrons. The summed E-state index contributed by atoms with van der Waals surface area (Å²) in [6.07, 6.45) is 1.32. The predicted molar refractivity (Wildman–Crippen MR) is 149 cm³/mol. The van der Waals surface area contributed by atoms with Crippen LogP contribution >= 0.6 is 11.3 Å². The van der Waals surface area contributed by atoms with Crippen molar-refractivity contribution in [3.63, 3.8) is 0 Å². The smallest absolute Gasteiger partial charge is 0.260 e. The van der Waals surface area contributed by atoms with Gasteiger partial charge in [-0.15, -0.1) is 0 Å². The van der Waals surface area contributed by atoms with Gasteiger partial charge in [0, 0.05) is 24.8 Å². The molecular formula is C28H30N4O4S2. The molecule has 1 aliphatic heterocycles. The van der Waals surface area contributed by atoms with Gasteiger partial charge >= 0.3 is 0 Å². The Kier molecular flexibility index (Phi) is 7.32. The van der Waals surface area contributed by atoms with Gasteiger partial charge in [-0.1, -0.05) is 23.5 Å². The van der Waals surface area contributed by atoms with Crippen molar-refractivity contribution in [2.45, 2.75) is 51.3 Å². The number of hydrogen-bond donors (Lipinski definition) is 0. The Labute approximate surface area is 227 Å². The molecule has 2 unspecified atom stereocenters. The van der Waals surface area contributed by atoms with Crippen LogP contribution in [0.3, 0.4) is 0 Å². The Morgan fingerprint density at radius 1 is 1.05 bits per heavy atom. The molecule has 0 bridgehead atoms. The Bertz CT molecular complexity index is 1560. The molecule has 2 aromatic heterocycles. The number of nitrogens with zero attached hydrogens (tertiary/aromatic N) is 4. The van der Waals surface area contributed by atoms with Crippen LogP contribution in [-0.2, 0) is 21.3 Å². The molecule has 10 heteroatoms. The third-order valence-corrected chi connectivity index (χ3v) is 9.61. The van der Waals surface area contributed by atoms with E-state index in [1.54, 1.807) is 23.2 Å². The molecule has 8 nitrogen and oxygen atoms in total. The summed E-state index contributed by atoms with van der Waals surface area (Å²) in [5.41, 5.74) is 4.19. The number of thiazole rings is 1. The fourth-order valence-corrected chi connectivity index (χ4v) is 7.22. The molecule has 0 aliphatic carbocycles. The first-order valence-corrected chi connectivity index (χ1v) is 14.7. The zero-order chi connectivity index (χ0) is 27.0. The van der Waals surface area contributed by atoms with Crippen molar-refractivity contribution in [3.8, 4) is 0 Å². The number of rotatable bonds is 6. The van der Waals surface area contributed by atoms with Gasteiger partial charge in [0.25, 0.3) is 5.91 Å². The van der Waals surface area contributed by atoms with E-state index in [9.17, 15) is 13.2 Å². The number of anilines is 1. The van der Waals surface area contributed by atoms with E-state index in [4.69, 9.17) is 9.72 Å². The Morgan fingerprint density at radius 3 is 2.42 bits per heavy atom. The van der Waals surface area contributed by atoms with Gasteiger partial charge in [-0.2, -0.15) is 4.31 Å². The van der Waals surface area contributed by atoms with Gasteiger partial charge < -0.3 is 4.74 Å². The standard InChI is InChI=1S/C28H30N4O4S2/c1-18-8-13-25-26(21(18)4)30-28(37-25)32(17-23-7-5-6-14-29-23)27(33)22-9-11-24(12-10-22)38(34,35)31-15-19(2)36-20(3)16-31/h5-14,19-20H,15-17H2,1-4H3. The zero-order valence-corrected chi connectivity index (χ0v) is 23.4. The maximum Gasteiger partial charge on any atom is 0.260 e. The minimum atomic E-state index is -3.71. The van der Waals surface area contributed by atoms with Crippen molar-refractivity contribution in [1.82, 2.24) is 14.3 Å². The summed E-state index contributed by atoms with van der Waals surface area (Å²) < 4.78 is 34.7. The number of benzene rings is 2. The van der Waals surface area contributed by atoms with E-state index >= 15 is 0 Å². The van der Waals surface area contributed by atoms with Crippen LogP contribution in [0.4, 0.5) is 5.13 Å². The number of pyridine rings is 1. The molecule has 2 atom stereocenters. The second kappa shape index (κ2) is 10.5. The molecule has 4 aromatic rings. The molecule has 3 heterocycles. The van der Waals surface area contributed by atoms with Gasteiger partial charge in [0.15, 0.2) is 5.13 Å². The minimum Gasteiger partial charge on any atom is -0.373 e. The number of amides is 1. The lowest BCUT2D eigenvalue weighted by Gasteiger charge is -2.34. The Balaban J connectivity index is 1.47. The van der Waals surface area contributed by atoms with Crippen molar-refractivity contribution in [2.75, 3.05) is 18.0 Å². The van der Waals surface area contributed by atoms with Gasteiger partial charge in [-0.05, 0) is 81.3 Å². The number of hydrogen-bond acceptors (Lipinski definition) is 7. The molecule has 0 N–H and O–H groups in total. The first-order chi connectivity index (χ1) is 18.1. The second-order valence-electron chi connectivity index (χ2n) is 9.67. The number of ether oxygens (including phenoxy) is 1. The number of aryl methyl sites for hydroxylation is 2. The summed E-state index contributed by atoms with van der Waals surface area (Å²) in [6, 6.07) is 15.8. The maximum atomic E-state index is 13.8. The quantitative estimate of drug-likeness (QED) is 0.337. The minimum absolute atomic E-state index is 0.151. The number of carbonyl (C=O) groups is 1.